The second kappa shape index (κ2) is 6.76. The van der Waals surface area contributed by atoms with E-state index in [0.29, 0.717) is 25.1 Å². The van der Waals surface area contributed by atoms with E-state index in [2.05, 4.69) is 4.72 Å². The Labute approximate surface area is 133 Å². The molecule has 130 valence electrons. The van der Waals surface area contributed by atoms with Gasteiger partial charge in [-0.15, -0.1) is 0 Å². The van der Waals surface area contributed by atoms with E-state index >= 15 is 0 Å². The highest BCUT2D eigenvalue weighted by Gasteiger charge is 2.35. The maximum Gasteiger partial charge on any atom is 0.416 e. The standard InChI is InChI=1S/C14H19F3N2O3S/c1-23(21,22)18-5-6-19-9-12(20)8-13(19)10-3-2-4-11(7-10)14(15,16)17/h2-4,7,12-13,18,20H,5-6,8-9H2,1H3/t12-,13-/m1/s1. The van der Waals surface area contributed by atoms with Crippen LogP contribution in [0, 0.1) is 0 Å². The summed E-state index contributed by atoms with van der Waals surface area (Å²) in [6.07, 6.45) is -3.71. The molecule has 1 aromatic rings. The lowest BCUT2D eigenvalue weighted by Crippen LogP contribution is -2.35. The van der Waals surface area contributed by atoms with Gasteiger partial charge in [0.1, 0.15) is 0 Å². The molecule has 0 saturated carbocycles. The highest BCUT2D eigenvalue weighted by atomic mass is 32.2. The number of hydrogen-bond donors (Lipinski definition) is 2. The number of β-amino-alcohol motifs (C(OH)–C–C–N with tert-alkyl or cyclic N) is 1. The average Bonchev–Trinajstić information content (AvgIpc) is 2.78. The van der Waals surface area contributed by atoms with Crippen LogP contribution in [-0.2, 0) is 16.2 Å². The number of hydrogen-bond acceptors (Lipinski definition) is 4. The normalized spacial score (nSPS) is 23.3. The van der Waals surface area contributed by atoms with Crippen LogP contribution in [0.5, 0.6) is 0 Å². The van der Waals surface area contributed by atoms with Gasteiger partial charge >= 0.3 is 6.18 Å². The molecule has 1 saturated heterocycles. The van der Waals surface area contributed by atoms with E-state index in [0.717, 1.165) is 18.4 Å². The molecule has 0 bridgehead atoms. The summed E-state index contributed by atoms with van der Waals surface area (Å²) in [6, 6.07) is 4.66. The topological polar surface area (TPSA) is 69.6 Å². The molecule has 0 spiro atoms. The summed E-state index contributed by atoms with van der Waals surface area (Å²) in [7, 11) is -3.33. The summed E-state index contributed by atoms with van der Waals surface area (Å²) < 4.78 is 63.0. The molecule has 1 aromatic carbocycles. The number of rotatable bonds is 5. The fourth-order valence-electron chi connectivity index (χ4n) is 2.77. The Morgan fingerprint density at radius 2 is 2.09 bits per heavy atom. The van der Waals surface area contributed by atoms with Gasteiger partial charge in [-0.2, -0.15) is 13.2 Å². The molecule has 1 aliphatic heterocycles. The minimum absolute atomic E-state index is 0.140. The van der Waals surface area contributed by atoms with Crippen molar-refractivity contribution in [2.45, 2.75) is 24.7 Å². The third-order valence-corrected chi connectivity index (χ3v) is 4.47. The van der Waals surface area contributed by atoms with Crippen LogP contribution in [0.4, 0.5) is 13.2 Å². The number of halogens is 3. The van der Waals surface area contributed by atoms with Crippen molar-refractivity contribution >= 4 is 10.0 Å². The van der Waals surface area contributed by atoms with E-state index in [-0.39, 0.29) is 12.6 Å². The van der Waals surface area contributed by atoms with Crippen molar-refractivity contribution in [2.75, 3.05) is 25.9 Å². The summed E-state index contributed by atoms with van der Waals surface area (Å²) in [5.41, 5.74) is -0.263. The molecule has 0 unspecified atom stereocenters. The van der Waals surface area contributed by atoms with Gasteiger partial charge in [0.2, 0.25) is 10.0 Å². The quantitative estimate of drug-likeness (QED) is 0.840. The van der Waals surface area contributed by atoms with E-state index in [9.17, 15) is 26.7 Å². The number of aliphatic hydroxyl groups excluding tert-OH is 1. The molecule has 2 rings (SSSR count). The van der Waals surface area contributed by atoms with Crippen molar-refractivity contribution in [1.29, 1.82) is 0 Å². The molecule has 1 heterocycles. The van der Waals surface area contributed by atoms with Crippen LogP contribution in [0.3, 0.4) is 0 Å². The summed E-state index contributed by atoms with van der Waals surface area (Å²) in [6.45, 7) is 0.748. The first kappa shape index (κ1) is 18.2. The Kier molecular flexibility index (Phi) is 5.34. The number of alkyl halides is 3. The highest BCUT2D eigenvalue weighted by molar-refractivity contribution is 7.88. The Morgan fingerprint density at radius 3 is 2.70 bits per heavy atom. The van der Waals surface area contributed by atoms with Crippen LogP contribution in [-0.4, -0.2) is 50.4 Å². The fourth-order valence-corrected chi connectivity index (χ4v) is 3.23. The first-order valence-electron chi connectivity index (χ1n) is 7.10. The molecule has 5 nitrogen and oxygen atoms in total. The lowest BCUT2D eigenvalue weighted by molar-refractivity contribution is -0.137. The van der Waals surface area contributed by atoms with Gasteiger partial charge in [-0.05, 0) is 24.1 Å². The van der Waals surface area contributed by atoms with Gasteiger partial charge in [-0.25, -0.2) is 13.1 Å². The van der Waals surface area contributed by atoms with Gasteiger partial charge in [-0.3, -0.25) is 4.90 Å². The lowest BCUT2D eigenvalue weighted by atomic mass is 10.0. The molecule has 9 heteroatoms. The summed E-state index contributed by atoms with van der Waals surface area (Å²) in [5, 5.41) is 9.82. The number of sulfonamides is 1. The third kappa shape index (κ3) is 5.17. The minimum atomic E-state index is -4.42. The van der Waals surface area contributed by atoms with Crippen molar-refractivity contribution in [1.82, 2.24) is 9.62 Å². The Bertz CT molecular complexity index is 649. The second-order valence-electron chi connectivity index (χ2n) is 5.69. The number of benzene rings is 1. The first-order chi connectivity index (χ1) is 10.6. The number of nitrogens with zero attached hydrogens (tertiary/aromatic N) is 1. The van der Waals surface area contributed by atoms with Crippen LogP contribution >= 0.6 is 0 Å². The zero-order valence-corrected chi connectivity index (χ0v) is 13.4. The fraction of sp³-hybridized carbons (Fsp3) is 0.571. The first-order valence-corrected chi connectivity index (χ1v) is 8.99. The predicted octanol–water partition coefficient (Wildman–Crippen LogP) is 1.36. The van der Waals surface area contributed by atoms with E-state index in [4.69, 9.17) is 0 Å². The molecular formula is C14H19F3N2O3S. The van der Waals surface area contributed by atoms with Gasteiger partial charge < -0.3 is 5.11 Å². The highest BCUT2D eigenvalue weighted by Crippen LogP contribution is 2.35. The van der Waals surface area contributed by atoms with Crippen LogP contribution in [0.25, 0.3) is 0 Å². The van der Waals surface area contributed by atoms with Crippen molar-refractivity contribution < 1.29 is 26.7 Å². The van der Waals surface area contributed by atoms with Gasteiger partial charge in [0.05, 0.1) is 17.9 Å². The Morgan fingerprint density at radius 1 is 1.39 bits per heavy atom. The van der Waals surface area contributed by atoms with Gasteiger partial charge in [0, 0.05) is 25.7 Å². The smallest absolute Gasteiger partial charge is 0.392 e. The van der Waals surface area contributed by atoms with Crippen LogP contribution in [0.15, 0.2) is 24.3 Å². The molecule has 0 aliphatic carbocycles. The molecule has 0 aromatic heterocycles. The lowest BCUT2D eigenvalue weighted by Gasteiger charge is -2.25. The van der Waals surface area contributed by atoms with E-state index in [1.54, 1.807) is 11.0 Å². The maximum atomic E-state index is 12.8. The monoisotopic (exact) mass is 352 g/mol. The summed E-state index contributed by atoms with van der Waals surface area (Å²) >= 11 is 0. The van der Waals surface area contributed by atoms with Gasteiger partial charge in [0.15, 0.2) is 0 Å². The van der Waals surface area contributed by atoms with Crippen LogP contribution in [0.2, 0.25) is 0 Å². The van der Waals surface area contributed by atoms with Gasteiger partial charge in [0.25, 0.3) is 0 Å². The average molecular weight is 352 g/mol. The molecule has 1 fully saturated rings. The van der Waals surface area contributed by atoms with E-state index < -0.39 is 27.9 Å². The van der Waals surface area contributed by atoms with Crippen molar-refractivity contribution in [2.24, 2.45) is 0 Å². The van der Waals surface area contributed by atoms with Crippen molar-refractivity contribution in [3.05, 3.63) is 35.4 Å². The van der Waals surface area contributed by atoms with E-state index in [1.165, 1.54) is 6.07 Å². The maximum absolute atomic E-state index is 12.8. The van der Waals surface area contributed by atoms with Crippen LogP contribution < -0.4 is 4.72 Å². The molecular weight excluding hydrogens is 333 g/mol. The number of likely N-dealkylation sites (tertiary alicyclic amines) is 1. The van der Waals surface area contributed by atoms with Crippen LogP contribution in [0.1, 0.15) is 23.6 Å². The third-order valence-electron chi connectivity index (χ3n) is 3.74. The van der Waals surface area contributed by atoms with Crippen molar-refractivity contribution in [3.8, 4) is 0 Å². The molecule has 0 amide bonds. The number of nitrogens with one attached hydrogen (secondary N) is 1. The summed E-state index contributed by atoms with van der Waals surface area (Å²) in [4.78, 5) is 1.79. The SMILES string of the molecule is CS(=O)(=O)NCCN1C[C@H](O)C[C@@H]1c1cccc(C(F)(F)F)c1. The minimum Gasteiger partial charge on any atom is -0.392 e. The zero-order chi connectivity index (χ0) is 17.3. The second-order valence-corrected chi connectivity index (χ2v) is 7.52. The molecule has 0 radical (unpaired) electrons. The largest absolute Gasteiger partial charge is 0.416 e. The molecule has 2 N–H and O–H groups in total. The molecule has 1 aliphatic rings. The van der Waals surface area contributed by atoms with Crippen molar-refractivity contribution in [3.63, 3.8) is 0 Å². The molecule has 23 heavy (non-hydrogen) atoms. The zero-order valence-electron chi connectivity index (χ0n) is 12.5. The summed E-state index contributed by atoms with van der Waals surface area (Å²) in [5.74, 6) is 0. The Hall–Kier alpha value is -1.16. The Balaban J connectivity index is 2.13. The van der Waals surface area contributed by atoms with E-state index in [1.807, 2.05) is 0 Å². The number of aliphatic hydroxyl groups is 1. The molecule has 2 atom stereocenters. The van der Waals surface area contributed by atoms with Gasteiger partial charge in [-0.1, -0.05) is 12.1 Å². The predicted molar refractivity (Wildman–Crippen MR) is 79.2 cm³/mol.